The zero-order valence-corrected chi connectivity index (χ0v) is 15.8. The van der Waals surface area contributed by atoms with Gasteiger partial charge in [0.05, 0.1) is 6.20 Å². The molecule has 7 heteroatoms. The Morgan fingerprint density at radius 1 is 1.03 bits per heavy atom. The van der Waals surface area contributed by atoms with E-state index in [9.17, 15) is 0 Å². The van der Waals surface area contributed by atoms with Gasteiger partial charge in [0.25, 0.3) is 0 Å². The highest BCUT2D eigenvalue weighted by molar-refractivity contribution is 5.85. The number of aromatic nitrogens is 3. The molecule has 29 heavy (non-hydrogen) atoms. The van der Waals surface area contributed by atoms with Crippen molar-refractivity contribution in [3.05, 3.63) is 61.3 Å². The van der Waals surface area contributed by atoms with Crippen LogP contribution in [0.15, 0.2) is 65.7 Å². The van der Waals surface area contributed by atoms with Crippen LogP contribution < -0.4 is 15.4 Å². The largest absolute Gasteiger partial charge is 0.488 e. The molecule has 146 valence electrons. The van der Waals surface area contributed by atoms with E-state index in [1.807, 2.05) is 48.7 Å². The number of piperidine rings is 1. The van der Waals surface area contributed by atoms with E-state index >= 15 is 0 Å². The molecular weight excluding hydrogens is 366 g/mol. The fraction of sp³-hybridized carbons (Fsp3) is 0.227. The van der Waals surface area contributed by atoms with Crippen LogP contribution in [-0.2, 0) is 0 Å². The number of para-hydroxylation sites is 1. The number of nitrogens with one attached hydrogen (secondary N) is 2. The Hall–Kier alpha value is -3.45. The molecule has 1 saturated heterocycles. The quantitative estimate of drug-likeness (QED) is 0.532. The van der Waals surface area contributed by atoms with Crippen LogP contribution in [0.2, 0.25) is 0 Å². The maximum atomic E-state index is 6.26. The van der Waals surface area contributed by atoms with Crippen molar-refractivity contribution in [3.63, 3.8) is 0 Å². The second-order valence-electron chi connectivity index (χ2n) is 7.02. The predicted octanol–water partition coefficient (Wildman–Crippen LogP) is 4.16. The molecule has 1 aliphatic heterocycles. The molecule has 1 fully saturated rings. The smallest absolute Gasteiger partial charge is 0.227 e. The van der Waals surface area contributed by atoms with Crippen LogP contribution in [0.4, 0.5) is 11.6 Å². The number of oxazole rings is 1. The van der Waals surface area contributed by atoms with Gasteiger partial charge in [-0.3, -0.25) is 0 Å². The summed E-state index contributed by atoms with van der Waals surface area (Å²) in [5.74, 6) is 2.07. The first-order valence-electron chi connectivity index (χ1n) is 9.74. The highest BCUT2D eigenvalue weighted by atomic mass is 16.5. The van der Waals surface area contributed by atoms with Crippen LogP contribution in [0.5, 0.6) is 5.75 Å². The van der Waals surface area contributed by atoms with Gasteiger partial charge in [-0.1, -0.05) is 12.1 Å². The molecular formula is C22H21N5O2. The monoisotopic (exact) mass is 387 g/mol. The molecule has 7 nitrogen and oxygen atoms in total. The average Bonchev–Trinajstić information content (AvgIpc) is 3.30. The summed E-state index contributed by atoms with van der Waals surface area (Å²) in [6, 6.07) is 13.8. The molecule has 0 radical (unpaired) electrons. The lowest BCUT2D eigenvalue weighted by Gasteiger charge is -2.24. The van der Waals surface area contributed by atoms with E-state index in [2.05, 4.69) is 20.6 Å². The summed E-state index contributed by atoms with van der Waals surface area (Å²) in [4.78, 5) is 13.1. The molecule has 1 aliphatic rings. The highest BCUT2D eigenvalue weighted by Crippen LogP contribution is 2.28. The second kappa shape index (κ2) is 7.89. The summed E-state index contributed by atoms with van der Waals surface area (Å²) in [6.45, 7) is 1.97. The molecule has 0 spiro atoms. The van der Waals surface area contributed by atoms with Crippen molar-refractivity contribution in [3.8, 4) is 17.1 Å². The van der Waals surface area contributed by atoms with E-state index in [4.69, 9.17) is 14.1 Å². The third-order valence-electron chi connectivity index (χ3n) is 5.01. The molecule has 5 rings (SSSR count). The van der Waals surface area contributed by atoms with Crippen molar-refractivity contribution >= 4 is 22.5 Å². The van der Waals surface area contributed by atoms with Crippen molar-refractivity contribution in [2.24, 2.45) is 0 Å². The van der Waals surface area contributed by atoms with Gasteiger partial charge in [-0.15, -0.1) is 0 Å². The summed E-state index contributed by atoms with van der Waals surface area (Å²) >= 11 is 0. The van der Waals surface area contributed by atoms with Gasteiger partial charge in [0.15, 0.2) is 12.2 Å². The Balaban J connectivity index is 1.38. The zero-order valence-electron chi connectivity index (χ0n) is 15.8. The molecule has 0 aliphatic carbocycles. The lowest BCUT2D eigenvalue weighted by atomic mass is 10.1. The summed E-state index contributed by atoms with van der Waals surface area (Å²) < 4.78 is 11.6. The van der Waals surface area contributed by atoms with Crippen LogP contribution in [0.25, 0.3) is 22.2 Å². The molecule has 0 unspecified atom stereocenters. The summed E-state index contributed by atoms with van der Waals surface area (Å²) in [5, 5.41) is 7.59. The minimum Gasteiger partial charge on any atom is -0.488 e. The van der Waals surface area contributed by atoms with Gasteiger partial charge in [-0.25, -0.2) is 15.0 Å². The molecule has 4 aromatic rings. The van der Waals surface area contributed by atoms with Crippen molar-refractivity contribution in [2.45, 2.75) is 18.9 Å². The number of hydrogen-bond donors (Lipinski definition) is 2. The molecule has 0 saturated carbocycles. The lowest BCUT2D eigenvalue weighted by Crippen LogP contribution is -2.34. The molecule has 2 N–H and O–H groups in total. The summed E-state index contributed by atoms with van der Waals surface area (Å²) in [7, 11) is 0. The van der Waals surface area contributed by atoms with Crippen LogP contribution in [-0.4, -0.2) is 34.1 Å². The Labute approximate surface area is 168 Å². The third kappa shape index (κ3) is 3.90. The van der Waals surface area contributed by atoms with Gasteiger partial charge in [0.1, 0.15) is 17.4 Å². The van der Waals surface area contributed by atoms with Crippen molar-refractivity contribution in [1.82, 2.24) is 20.3 Å². The molecule has 0 amide bonds. The van der Waals surface area contributed by atoms with Gasteiger partial charge in [-0.05, 0) is 56.3 Å². The first kappa shape index (κ1) is 17.6. The highest BCUT2D eigenvalue weighted by Gasteiger charge is 2.16. The van der Waals surface area contributed by atoms with E-state index in [0.29, 0.717) is 5.95 Å². The van der Waals surface area contributed by atoms with E-state index < -0.39 is 0 Å². The predicted molar refractivity (Wildman–Crippen MR) is 111 cm³/mol. The normalized spacial score (nSPS) is 14.8. The summed E-state index contributed by atoms with van der Waals surface area (Å²) in [5.41, 5.74) is 2.68. The van der Waals surface area contributed by atoms with E-state index in [0.717, 1.165) is 59.6 Å². The van der Waals surface area contributed by atoms with E-state index in [1.54, 1.807) is 6.20 Å². The maximum Gasteiger partial charge on any atom is 0.227 e. The van der Waals surface area contributed by atoms with Gasteiger partial charge in [0.2, 0.25) is 5.95 Å². The molecule has 0 bridgehead atoms. The SMILES string of the molecule is c1cc(OC2CCNCC2)c2nc(Nc3ccc(-c4cnco4)cc3)ncc2c1. The zero-order chi connectivity index (χ0) is 19.5. The number of nitrogens with zero attached hydrogens (tertiary/aromatic N) is 3. The Morgan fingerprint density at radius 2 is 1.90 bits per heavy atom. The first-order valence-corrected chi connectivity index (χ1v) is 9.74. The fourth-order valence-electron chi connectivity index (χ4n) is 3.48. The number of ether oxygens (including phenoxy) is 1. The summed E-state index contributed by atoms with van der Waals surface area (Å²) in [6.07, 6.45) is 7.17. The average molecular weight is 387 g/mol. The topological polar surface area (TPSA) is 85.1 Å². The third-order valence-corrected chi connectivity index (χ3v) is 5.01. The fourth-order valence-corrected chi connectivity index (χ4v) is 3.48. The van der Waals surface area contributed by atoms with Crippen molar-refractivity contribution < 1.29 is 9.15 Å². The van der Waals surface area contributed by atoms with Gasteiger partial charge >= 0.3 is 0 Å². The molecule has 3 heterocycles. The maximum absolute atomic E-state index is 6.26. The van der Waals surface area contributed by atoms with Crippen LogP contribution in [0.3, 0.4) is 0 Å². The van der Waals surface area contributed by atoms with Crippen LogP contribution in [0, 0.1) is 0 Å². The Kier molecular flexibility index (Phi) is 4.80. The van der Waals surface area contributed by atoms with Crippen LogP contribution >= 0.6 is 0 Å². The number of rotatable bonds is 5. The number of hydrogen-bond acceptors (Lipinski definition) is 7. The molecule has 0 atom stereocenters. The van der Waals surface area contributed by atoms with Gasteiger partial charge in [-0.2, -0.15) is 0 Å². The number of anilines is 2. The second-order valence-corrected chi connectivity index (χ2v) is 7.02. The number of fused-ring (bicyclic) bond motifs is 1. The minimum atomic E-state index is 0.219. The number of benzene rings is 2. The molecule has 2 aromatic heterocycles. The van der Waals surface area contributed by atoms with Gasteiger partial charge in [0, 0.05) is 22.8 Å². The Bertz CT molecular complexity index is 1090. The Morgan fingerprint density at radius 3 is 2.69 bits per heavy atom. The van der Waals surface area contributed by atoms with Crippen LogP contribution in [0.1, 0.15) is 12.8 Å². The van der Waals surface area contributed by atoms with E-state index in [-0.39, 0.29) is 6.10 Å². The lowest BCUT2D eigenvalue weighted by molar-refractivity contribution is 0.164. The van der Waals surface area contributed by atoms with E-state index in [1.165, 1.54) is 6.39 Å². The molecule has 2 aromatic carbocycles. The van der Waals surface area contributed by atoms with Crippen molar-refractivity contribution in [2.75, 3.05) is 18.4 Å². The first-order chi connectivity index (χ1) is 14.3. The van der Waals surface area contributed by atoms with Crippen molar-refractivity contribution in [1.29, 1.82) is 0 Å². The minimum absolute atomic E-state index is 0.219. The standard InChI is InChI=1S/C22H21N5O2/c1-2-16-12-25-22(26-17-6-4-15(5-7-17)20-13-24-14-28-20)27-21(16)19(3-1)29-18-8-10-23-11-9-18/h1-7,12-14,18,23H,8-11H2,(H,25,26,27). The van der Waals surface area contributed by atoms with Gasteiger partial charge < -0.3 is 19.8 Å².